The molecule has 1 aliphatic heterocycles. The van der Waals surface area contributed by atoms with Gasteiger partial charge in [0.2, 0.25) is 0 Å². The van der Waals surface area contributed by atoms with Crippen molar-refractivity contribution in [2.45, 2.75) is 13.0 Å². The van der Waals surface area contributed by atoms with Crippen LogP contribution in [0.4, 0.5) is 4.79 Å². The fourth-order valence-electron chi connectivity index (χ4n) is 1.22. The highest BCUT2D eigenvalue weighted by atomic mass is 16.4. The van der Waals surface area contributed by atoms with E-state index in [1.54, 1.807) is 0 Å². The summed E-state index contributed by atoms with van der Waals surface area (Å²) in [6, 6.07) is 0.347. The molecule has 1 N–H and O–H groups in total. The number of nitrogens with zero attached hydrogens (tertiary/aromatic N) is 2. The van der Waals surface area contributed by atoms with E-state index in [0.29, 0.717) is 19.1 Å². The van der Waals surface area contributed by atoms with Crippen molar-refractivity contribution in [3.8, 4) is 0 Å². The van der Waals surface area contributed by atoms with Gasteiger partial charge in [-0.3, -0.25) is 0 Å². The maximum absolute atomic E-state index is 10.5. The summed E-state index contributed by atoms with van der Waals surface area (Å²) in [7, 11) is 2.02. The van der Waals surface area contributed by atoms with Crippen LogP contribution in [0.5, 0.6) is 0 Å². The van der Waals surface area contributed by atoms with Gasteiger partial charge in [0.1, 0.15) is 0 Å². The van der Waals surface area contributed by atoms with Crippen molar-refractivity contribution in [2.75, 3.05) is 26.7 Å². The normalized spacial score (nSPS) is 27.1. The zero-order valence-corrected chi connectivity index (χ0v) is 6.95. The molecule has 0 bridgehead atoms. The number of amides is 1. The van der Waals surface area contributed by atoms with Crippen LogP contribution in [0.2, 0.25) is 0 Å². The molecule has 1 heterocycles. The smallest absolute Gasteiger partial charge is 0.407 e. The van der Waals surface area contributed by atoms with Gasteiger partial charge in [0, 0.05) is 25.7 Å². The second-order valence-corrected chi connectivity index (χ2v) is 3.06. The fraction of sp³-hybridized carbons (Fsp3) is 0.857. The predicted octanol–water partition coefficient (Wildman–Crippen LogP) is 0.300. The molecule has 0 aromatic rings. The van der Waals surface area contributed by atoms with Crippen molar-refractivity contribution < 1.29 is 9.90 Å². The monoisotopic (exact) mass is 158 g/mol. The van der Waals surface area contributed by atoms with Crippen LogP contribution in [0.15, 0.2) is 0 Å². The Balaban J connectivity index is 2.46. The molecule has 0 radical (unpaired) electrons. The molecule has 1 atom stereocenters. The highest BCUT2D eigenvalue weighted by molar-refractivity contribution is 5.65. The van der Waals surface area contributed by atoms with E-state index in [4.69, 9.17) is 5.11 Å². The summed E-state index contributed by atoms with van der Waals surface area (Å²) in [5.41, 5.74) is 0. The van der Waals surface area contributed by atoms with Gasteiger partial charge >= 0.3 is 6.09 Å². The van der Waals surface area contributed by atoms with E-state index in [2.05, 4.69) is 4.90 Å². The summed E-state index contributed by atoms with van der Waals surface area (Å²) in [5, 5.41) is 8.65. The van der Waals surface area contributed by atoms with E-state index < -0.39 is 6.09 Å². The zero-order valence-electron chi connectivity index (χ0n) is 6.95. The van der Waals surface area contributed by atoms with Crippen molar-refractivity contribution in [3.05, 3.63) is 0 Å². The van der Waals surface area contributed by atoms with E-state index in [-0.39, 0.29) is 0 Å². The third-order valence-corrected chi connectivity index (χ3v) is 2.23. The number of hydrogen-bond donors (Lipinski definition) is 1. The van der Waals surface area contributed by atoms with Crippen LogP contribution in [0.1, 0.15) is 6.92 Å². The Kier molecular flexibility index (Phi) is 2.34. The summed E-state index contributed by atoms with van der Waals surface area (Å²) < 4.78 is 0. The van der Waals surface area contributed by atoms with Crippen molar-refractivity contribution >= 4 is 6.09 Å². The lowest BCUT2D eigenvalue weighted by Crippen LogP contribution is -2.51. The molecular weight excluding hydrogens is 144 g/mol. The number of carbonyl (C=O) groups is 1. The van der Waals surface area contributed by atoms with Crippen LogP contribution in [0.3, 0.4) is 0 Å². The molecule has 1 amide bonds. The summed E-state index contributed by atoms with van der Waals surface area (Å²) in [5.74, 6) is 0. The molecule has 0 unspecified atom stereocenters. The average molecular weight is 158 g/mol. The van der Waals surface area contributed by atoms with Gasteiger partial charge in [0.25, 0.3) is 0 Å². The Morgan fingerprint density at radius 2 is 2.18 bits per heavy atom. The summed E-state index contributed by atoms with van der Waals surface area (Å²) in [6.45, 7) is 4.14. The summed E-state index contributed by atoms with van der Waals surface area (Å²) in [6.07, 6.45) is -0.801. The first-order chi connectivity index (χ1) is 5.11. The molecule has 4 heteroatoms. The van der Waals surface area contributed by atoms with Crippen molar-refractivity contribution in [2.24, 2.45) is 0 Å². The lowest BCUT2D eigenvalue weighted by atomic mass is 10.2. The third-order valence-electron chi connectivity index (χ3n) is 2.23. The molecular formula is C7H14N2O2. The van der Waals surface area contributed by atoms with Gasteiger partial charge in [-0.2, -0.15) is 0 Å². The van der Waals surface area contributed by atoms with Crippen molar-refractivity contribution in [1.82, 2.24) is 9.80 Å². The SMILES string of the molecule is C[C@H]1CN(C(=O)O)CCN1C. The summed E-state index contributed by atoms with van der Waals surface area (Å²) in [4.78, 5) is 14.1. The Hall–Kier alpha value is -0.770. The van der Waals surface area contributed by atoms with Gasteiger partial charge in [-0.25, -0.2) is 4.79 Å². The standard InChI is InChI=1S/C7H14N2O2/c1-6-5-9(7(10)11)4-3-8(6)2/h6H,3-5H2,1-2H3,(H,10,11)/t6-/m0/s1. The number of likely N-dealkylation sites (N-methyl/N-ethyl adjacent to an activating group) is 1. The van der Waals surface area contributed by atoms with Crippen LogP contribution in [-0.2, 0) is 0 Å². The van der Waals surface area contributed by atoms with E-state index in [0.717, 1.165) is 6.54 Å². The molecule has 64 valence electrons. The highest BCUT2D eigenvalue weighted by Crippen LogP contribution is 2.06. The van der Waals surface area contributed by atoms with E-state index in [1.165, 1.54) is 4.90 Å². The Morgan fingerprint density at radius 3 is 2.64 bits per heavy atom. The van der Waals surface area contributed by atoms with E-state index >= 15 is 0 Å². The molecule has 1 aliphatic rings. The first-order valence-electron chi connectivity index (χ1n) is 3.79. The molecule has 0 saturated carbocycles. The van der Waals surface area contributed by atoms with Gasteiger partial charge < -0.3 is 14.9 Å². The third kappa shape index (κ3) is 1.83. The van der Waals surface area contributed by atoms with Crippen LogP contribution >= 0.6 is 0 Å². The van der Waals surface area contributed by atoms with E-state index in [1.807, 2.05) is 14.0 Å². The number of rotatable bonds is 0. The quantitative estimate of drug-likeness (QED) is 0.551. The lowest BCUT2D eigenvalue weighted by Gasteiger charge is -2.35. The minimum absolute atomic E-state index is 0.347. The lowest BCUT2D eigenvalue weighted by molar-refractivity contribution is 0.0893. The minimum atomic E-state index is -0.801. The van der Waals surface area contributed by atoms with Crippen molar-refractivity contribution in [1.29, 1.82) is 0 Å². The van der Waals surface area contributed by atoms with Crippen LogP contribution < -0.4 is 0 Å². The molecule has 0 aromatic heterocycles. The highest BCUT2D eigenvalue weighted by Gasteiger charge is 2.23. The molecule has 1 rings (SSSR count). The molecule has 1 fully saturated rings. The molecule has 4 nitrogen and oxygen atoms in total. The number of piperazine rings is 1. The second kappa shape index (κ2) is 3.09. The van der Waals surface area contributed by atoms with Gasteiger partial charge in [-0.1, -0.05) is 0 Å². The maximum Gasteiger partial charge on any atom is 0.407 e. The fourth-order valence-corrected chi connectivity index (χ4v) is 1.22. The predicted molar refractivity (Wildman–Crippen MR) is 41.7 cm³/mol. The molecule has 0 aliphatic carbocycles. The van der Waals surface area contributed by atoms with E-state index in [9.17, 15) is 4.79 Å². The topological polar surface area (TPSA) is 43.8 Å². The number of hydrogen-bond acceptors (Lipinski definition) is 2. The van der Waals surface area contributed by atoms with Crippen molar-refractivity contribution in [3.63, 3.8) is 0 Å². The van der Waals surface area contributed by atoms with Gasteiger partial charge in [-0.05, 0) is 14.0 Å². The molecule has 0 aromatic carbocycles. The van der Waals surface area contributed by atoms with Gasteiger partial charge in [-0.15, -0.1) is 0 Å². The Bertz CT molecular complexity index is 161. The molecule has 1 saturated heterocycles. The van der Waals surface area contributed by atoms with Crippen LogP contribution in [0, 0.1) is 0 Å². The van der Waals surface area contributed by atoms with Gasteiger partial charge in [0.05, 0.1) is 0 Å². The summed E-state index contributed by atoms with van der Waals surface area (Å²) >= 11 is 0. The average Bonchev–Trinajstić information content (AvgIpc) is 1.94. The van der Waals surface area contributed by atoms with Crippen LogP contribution in [-0.4, -0.2) is 53.7 Å². The largest absolute Gasteiger partial charge is 0.465 e. The second-order valence-electron chi connectivity index (χ2n) is 3.06. The number of carboxylic acid groups (broad SMARTS) is 1. The van der Waals surface area contributed by atoms with Gasteiger partial charge in [0.15, 0.2) is 0 Å². The van der Waals surface area contributed by atoms with Crippen LogP contribution in [0.25, 0.3) is 0 Å². The first-order valence-corrected chi connectivity index (χ1v) is 3.79. The molecule has 0 spiro atoms. The minimum Gasteiger partial charge on any atom is -0.465 e. The first kappa shape index (κ1) is 8.33. The molecule has 11 heavy (non-hydrogen) atoms. The maximum atomic E-state index is 10.5. The Labute approximate surface area is 66.4 Å². The zero-order chi connectivity index (χ0) is 8.43. The Morgan fingerprint density at radius 1 is 1.55 bits per heavy atom.